The second-order valence-electron chi connectivity index (χ2n) is 9.11. The number of amides is 2. The van der Waals surface area contributed by atoms with E-state index < -0.39 is 28.5 Å². The van der Waals surface area contributed by atoms with E-state index in [4.69, 9.17) is 0 Å². The van der Waals surface area contributed by atoms with Crippen molar-refractivity contribution in [2.75, 3.05) is 17.9 Å². The first-order chi connectivity index (χ1) is 17.6. The molecule has 3 rings (SSSR count). The molecule has 0 heterocycles. The highest BCUT2D eigenvalue weighted by Gasteiger charge is 2.33. The van der Waals surface area contributed by atoms with E-state index in [2.05, 4.69) is 5.32 Å². The highest BCUT2D eigenvalue weighted by Crippen LogP contribution is 2.28. The molecule has 0 aliphatic rings. The van der Waals surface area contributed by atoms with Crippen LogP contribution >= 0.6 is 0 Å². The predicted octanol–water partition coefficient (Wildman–Crippen LogP) is 4.22. The average Bonchev–Trinajstić information content (AvgIpc) is 2.89. The molecule has 0 spiro atoms. The average molecular weight is 522 g/mol. The number of rotatable bonds is 10. The molecule has 0 radical (unpaired) electrons. The van der Waals surface area contributed by atoms with Crippen LogP contribution in [0.4, 0.5) is 5.69 Å². The molecule has 37 heavy (non-hydrogen) atoms. The van der Waals surface area contributed by atoms with Crippen LogP contribution in [0.15, 0.2) is 77.7 Å². The van der Waals surface area contributed by atoms with Crippen molar-refractivity contribution >= 4 is 27.5 Å². The van der Waals surface area contributed by atoms with Crippen LogP contribution in [-0.2, 0) is 32.6 Å². The molecule has 0 fully saturated rings. The molecule has 3 aromatic rings. The highest BCUT2D eigenvalue weighted by atomic mass is 32.2. The molecule has 0 unspecified atom stereocenters. The zero-order valence-electron chi connectivity index (χ0n) is 22.1. The first kappa shape index (κ1) is 27.9. The smallest absolute Gasteiger partial charge is 0.264 e. The van der Waals surface area contributed by atoms with Crippen LogP contribution in [0.25, 0.3) is 0 Å². The number of hydrogen-bond acceptors (Lipinski definition) is 4. The summed E-state index contributed by atoms with van der Waals surface area (Å²) in [5, 5.41) is 2.60. The second kappa shape index (κ2) is 12.1. The van der Waals surface area contributed by atoms with Crippen LogP contribution in [0.3, 0.4) is 0 Å². The monoisotopic (exact) mass is 521 g/mol. The third kappa shape index (κ3) is 6.57. The minimum absolute atomic E-state index is 0.0985. The summed E-state index contributed by atoms with van der Waals surface area (Å²) in [5.74, 6) is -0.804. The normalized spacial score (nSPS) is 12.0. The van der Waals surface area contributed by atoms with Crippen molar-refractivity contribution in [3.05, 3.63) is 95.1 Å². The van der Waals surface area contributed by atoms with Gasteiger partial charge in [0.25, 0.3) is 10.0 Å². The molecule has 0 saturated carbocycles. The number of carbonyl (C=O) groups excluding carboxylic acids is 2. The number of para-hydroxylation sites is 1. The Morgan fingerprint density at radius 1 is 0.919 bits per heavy atom. The molecule has 8 heteroatoms. The molecular formula is C29H35N3O4S. The zero-order chi connectivity index (χ0) is 27.2. The lowest BCUT2D eigenvalue weighted by Gasteiger charge is -2.32. The Bertz CT molecular complexity index is 1350. The van der Waals surface area contributed by atoms with E-state index in [1.165, 1.54) is 16.3 Å². The van der Waals surface area contributed by atoms with Gasteiger partial charge in [-0.25, -0.2) is 8.42 Å². The van der Waals surface area contributed by atoms with Crippen LogP contribution in [0.2, 0.25) is 0 Å². The number of carbonyl (C=O) groups is 2. The summed E-state index contributed by atoms with van der Waals surface area (Å²) >= 11 is 0. The second-order valence-corrected chi connectivity index (χ2v) is 11.0. The van der Waals surface area contributed by atoms with Crippen LogP contribution in [0, 0.1) is 13.8 Å². The van der Waals surface area contributed by atoms with Gasteiger partial charge in [0.1, 0.15) is 12.6 Å². The number of aryl methyl sites for hydroxylation is 3. The molecular weight excluding hydrogens is 486 g/mol. The van der Waals surface area contributed by atoms with Gasteiger partial charge in [0, 0.05) is 13.6 Å². The number of sulfonamides is 1. The van der Waals surface area contributed by atoms with Gasteiger partial charge in [-0.15, -0.1) is 0 Å². The Morgan fingerprint density at radius 2 is 1.59 bits per heavy atom. The number of nitrogens with one attached hydrogen (secondary N) is 1. The number of nitrogens with zero attached hydrogens (tertiary/aromatic N) is 2. The van der Waals surface area contributed by atoms with Gasteiger partial charge in [-0.2, -0.15) is 0 Å². The first-order valence-corrected chi connectivity index (χ1v) is 13.8. The van der Waals surface area contributed by atoms with Gasteiger partial charge in [-0.05, 0) is 56.5 Å². The molecule has 196 valence electrons. The molecule has 0 aliphatic heterocycles. The van der Waals surface area contributed by atoms with Gasteiger partial charge in [-0.3, -0.25) is 13.9 Å². The van der Waals surface area contributed by atoms with Crippen molar-refractivity contribution in [2.45, 2.75) is 51.6 Å². The number of likely N-dealkylation sites (N-methyl/N-ethyl adjacent to an activating group) is 1. The van der Waals surface area contributed by atoms with E-state index >= 15 is 0 Å². The Labute approximate surface area is 220 Å². The molecule has 0 bridgehead atoms. The SMILES string of the molecule is CCc1ccccc1N(CC(=O)N(Cc1cccc(C)c1)[C@H](C)C(=O)NC)S(=O)(=O)c1ccc(C)cc1. The predicted molar refractivity (Wildman–Crippen MR) is 147 cm³/mol. The Kier molecular flexibility index (Phi) is 9.10. The minimum atomic E-state index is -4.08. The van der Waals surface area contributed by atoms with Crippen molar-refractivity contribution in [3.63, 3.8) is 0 Å². The fourth-order valence-corrected chi connectivity index (χ4v) is 5.65. The summed E-state index contributed by atoms with van der Waals surface area (Å²) in [7, 11) is -2.56. The maximum absolute atomic E-state index is 13.9. The lowest BCUT2D eigenvalue weighted by molar-refractivity contribution is -0.139. The molecule has 1 N–H and O–H groups in total. The van der Waals surface area contributed by atoms with Crippen molar-refractivity contribution in [3.8, 4) is 0 Å². The van der Waals surface area contributed by atoms with E-state index in [-0.39, 0.29) is 17.3 Å². The first-order valence-electron chi connectivity index (χ1n) is 12.3. The molecule has 2 amide bonds. The van der Waals surface area contributed by atoms with Crippen molar-refractivity contribution < 1.29 is 18.0 Å². The highest BCUT2D eigenvalue weighted by molar-refractivity contribution is 7.92. The number of hydrogen-bond donors (Lipinski definition) is 1. The lowest BCUT2D eigenvalue weighted by Crippen LogP contribution is -2.50. The number of benzene rings is 3. The van der Waals surface area contributed by atoms with Gasteiger partial charge in [0.2, 0.25) is 11.8 Å². The van der Waals surface area contributed by atoms with Gasteiger partial charge >= 0.3 is 0 Å². The summed E-state index contributed by atoms with van der Waals surface area (Å²) in [6, 6.07) is 20.6. The van der Waals surface area contributed by atoms with Gasteiger partial charge < -0.3 is 10.2 Å². The summed E-state index contributed by atoms with van der Waals surface area (Å²) in [5.41, 5.74) is 4.06. The Morgan fingerprint density at radius 3 is 2.22 bits per heavy atom. The summed E-state index contributed by atoms with van der Waals surface area (Å²) in [6.07, 6.45) is 0.589. The van der Waals surface area contributed by atoms with E-state index in [0.717, 1.165) is 22.3 Å². The summed E-state index contributed by atoms with van der Waals surface area (Å²) in [6.45, 7) is 7.15. The Hall–Kier alpha value is -3.65. The van der Waals surface area contributed by atoms with Gasteiger partial charge in [-0.1, -0.05) is 72.6 Å². The maximum atomic E-state index is 13.9. The molecule has 3 aromatic carbocycles. The van der Waals surface area contributed by atoms with E-state index in [1.807, 2.05) is 57.2 Å². The third-order valence-corrected chi connectivity index (χ3v) is 8.15. The van der Waals surface area contributed by atoms with Crippen LogP contribution < -0.4 is 9.62 Å². The fraction of sp³-hybridized carbons (Fsp3) is 0.310. The molecule has 0 aliphatic carbocycles. The van der Waals surface area contributed by atoms with Gasteiger partial charge in [0.05, 0.1) is 10.6 Å². The van der Waals surface area contributed by atoms with E-state index in [1.54, 1.807) is 43.3 Å². The van der Waals surface area contributed by atoms with E-state index in [0.29, 0.717) is 12.1 Å². The minimum Gasteiger partial charge on any atom is -0.357 e. The summed E-state index contributed by atoms with van der Waals surface area (Å²) in [4.78, 5) is 28.0. The van der Waals surface area contributed by atoms with Crippen LogP contribution in [0.5, 0.6) is 0 Å². The topological polar surface area (TPSA) is 86.8 Å². The zero-order valence-corrected chi connectivity index (χ0v) is 22.9. The molecule has 0 saturated heterocycles. The molecule has 1 atom stereocenters. The van der Waals surface area contributed by atoms with Gasteiger partial charge in [0.15, 0.2) is 0 Å². The van der Waals surface area contributed by atoms with Crippen molar-refractivity contribution in [1.29, 1.82) is 0 Å². The standard InChI is InChI=1S/C29H35N3O4S/c1-6-25-12-7-8-13-27(25)32(37(35,36)26-16-14-21(2)15-17-26)20-28(33)31(23(4)29(34)30-5)19-24-11-9-10-22(3)18-24/h7-18,23H,6,19-20H2,1-5H3,(H,30,34)/t23-/m1/s1. The van der Waals surface area contributed by atoms with Crippen LogP contribution in [0.1, 0.15) is 36.1 Å². The molecule has 7 nitrogen and oxygen atoms in total. The maximum Gasteiger partial charge on any atom is 0.264 e. The van der Waals surface area contributed by atoms with Crippen molar-refractivity contribution in [2.24, 2.45) is 0 Å². The van der Waals surface area contributed by atoms with Crippen molar-refractivity contribution in [1.82, 2.24) is 10.2 Å². The number of anilines is 1. The molecule has 0 aromatic heterocycles. The fourth-order valence-electron chi connectivity index (χ4n) is 4.20. The van der Waals surface area contributed by atoms with E-state index in [9.17, 15) is 18.0 Å². The third-order valence-electron chi connectivity index (χ3n) is 6.38. The quantitative estimate of drug-likeness (QED) is 0.433. The summed E-state index contributed by atoms with van der Waals surface area (Å²) < 4.78 is 29.0. The Balaban J connectivity index is 2.07. The van der Waals surface area contributed by atoms with Crippen LogP contribution in [-0.4, -0.2) is 44.8 Å². The largest absolute Gasteiger partial charge is 0.357 e. The lowest BCUT2D eigenvalue weighted by atomic mass is 10.1.